The lowest BCUT2D eigenvalue weighted by molar-refractivity contribution is 0.0832. The molecule has 0 amide bonds. The molecule has 3 aromatic rings. The molecule has 0 spiro atoms. The third-order valence-corrected chi connectivity index (χ3v) is 4.22. The first-order valence-corrected chi connectivity index (χ1v) is 7.03. The predicted octanol–water partition coefficient (Wildman–Crippen LogP) is 0.712. The maximum Gasteiger partial charge on any atom is 0.235 e. The summed E-state index contributed by atoms with van der Waals surface area (Å²) in [5.41, 5.74) is 6.12. The van der Waals surface area contributed by atoms with Gasteiger partial charge in [0.2, 0.25) is 4.96 Å². The van der Waals surface area contributed by atoms with E-state index in [1.807, 2.05) is 0 Å². The third kappa shape index (κ3) is 1.76. The molecular weight excluding hydrogens is 282 g/mol. The van der Waals surface area contributed by atoms with Crippen LogP contribution in [0.5, 0.6) is 0 Å². The van der Waals surface area contributed by atoms with Gasteiger partial charge in [0.25, 0.3) is 0 Å². The molecule has 0 radical (unpaired) electrons. The molecule has 4 heterocycles. The van der Waals surface area contributed by atoms with Crippen LogP contribution in [0, 0.1) is 0 Å². The molecule has 0 unspecified atom stereocenters. The molecule has 9 nitrogen and oxygen atoms in total. The van der Waals surface area contributed by atoms with Gasteiger partial charge >= 0.3 is 0 Å². The number of hydrogen-bond donors (Lipinski definition) is 1. The molecule has 104 valence electrons. The quantitative estimate of drug-likeness (QED) is 0.734. The highest BCUT2D eigenvalue weighted by atomic mass is 32.1. The fourth-order valence-corrected chi connectivity index (χ4v) is 3.12. The molecule has 10 heteroatoms. The predicted molar refractivity (Wildman–Crippen MR) is 69.2 cm³/mol. The molecule has 0 aromatic carbocycles. The zero-order chi connectivity index (χ0) is 13.5. The van der Waals surface area contributed by atoms with E-state index in [9.17, 15) is 0 Å². The van der Waals surface area contributed by atoms with Gasteiger partial charge in [-0.2, -0.15) is 9.61 Å². The monoisotopic (exact) mass is 293 g/mol. The molecular formula is C10H11N7O2S. The fourth-order valence-electron chi connectivity index (χ4n) is 2.28. The third-order valence-electron chi connectivity index (χ3n) is 3.32. The van der Waals surface area contributed by atoms with E-state index in [-0.39, 0.29) is 5.82 Å². The number of nitrogens with zero attached hydrogens (tertiary/aromatic N) is 6. The van der Waals surface area contributed by atoms with Gasteiger partial charge in [-0.1, -0.05) is 11.3 Å². The van der Waals surface area contributed by atoms with Gasteiger partial charge in [-0.25, -0.2) is 4.63 Å². The van der Waals surface area contributed by atoms with E-state index in [0.29, 0.717) is 21.6 Å². The highest BCUT2D eigenvalue weighted by molar-refractivity contribution is 7.19. The van der Waals surface area contributed by atoms with E-state index in [1.54, 1.807) is 4.52 Å². The number of anilines is 1. The van der Waals surface area contributed by atoms with Crippen molar-refractivity contribution in [3.8, 4) is 10.7 Å². The molecule has 1 fully saturated rings. The minimum absolute atomic E-state index is 0.225. The Kier molecular flexibility index (Phi) is 2.63. The molecule has 1 aliphatic heterocycles. The summed E-state index contributed by atoms with van der Waals surface area (Å²) >= 11 is 1.36. The van der Waals surface area contributed by atoms with Gasteiger partial charge in [0.05, 0.1) is 0 Å². The smallest absolute Gasteiger partial charge is 0.235 e. The van der Waals surface area contributed by atoms with E-state index >= 15 is 0 Å². The minimum atomic E-state index is 0.225. The SMILES string of the molecule is Nc1nonc1-c1nn2c(C3CCOCC3)nnc2s1. The van der Waals surface area contributed by atoms with Crippen LogP contribution in [0.2, 0.25) is 0 Å². The van der Waals surface area contributed by atoms with Crippen molar-refractivity contribution in [1.29, 1.82) is 0 Å². The molecule has 20 heavy (non-hydrogen) atoms. The number of rotatable bonds is 2. The Morgan fingerprint density at radius 3 is 2.80 bits per heavy atom. The van der Waals surface area contributed by atoms with Crippen molar-refractivity contribution in [1.82, 2.24) is 30.1 Å². The summed E-state index contributed by atoms with van der Waals surface area (Å²) in [6.45, 7) is 1.49. The number of fused-ring (bicyclic) bond motifs is 1. The number of ether oxygens (including phenoxy) is 1. The standard InChI is InChI=1S/C10H11N7O2S/c11-7-6(15-19-16-7)9-14-17-8(12-13-10(17)20-9)5-1-3-18-4-2-5/h5H,1-4H2,(H2,11,16). The molecule has 1 aliphatic rings. The van der Waals surface area contributed by atoms with Crippen LogP contribution in [0.25, 0.3) is 15.7 Å². The van der Waals surface area contributed by atoms with Crippen molar-refractivity contribution < 1.29 is 9.37 Å². The second-order valence-electron chi connectivity index (χ2n) is 4.54. The highest BCUT2D eigenvalue weighted by Crippen LogP contribution is 2.30. The van der Waals surface area contributed by atoms with Crippen molar-refractivity contribution in [2.45, 2.75) is 18.8 Å². The summed E-state index contributed by atoms with van der Waals surface area (Å²) in [6.07, 6.45) is 1.86. The van der Waals surface area contributed by atoms with Crippen LogP contribution in [0.3, 0.4) is 0 Å². The van der Waals surface area contributed by atoms with E-state index in [2.05, 4.69) is 30.2 Å². The minimum Gasteiger partial charge on any atom is -0.381 e. The van der Waals surface area contributed by atoms with Crippen molar-refractivity contribution in [3.05, 3.63) is 5.82 Å². The van der Waals surface area contributed by atoms with Gasteiger partial charge in [-0.15, -0.1) is 10.2 Å². The molecule has 2 N–H and O–H groups in total. The average Bonchev–Trinajstić information content (AvgIpc) is 3.13. The topological polar surface area (TPSA) is 117 Å². The van der Waals surface area contributed by atoms with E-state index < -0.39 is 0 Å². The van der Waals surface area contributed by atoms with Crippen LogP contribution < -0.4 is 5.73 Å². The molecule has 4 rings (SSSR count). The maximum absolute atomic E-state index is 5.68. The summed E-state index contributed by atoms with van der Waals surface area (Å²) in [7, 11) is 0. The lowest BCUT2D eigenvalue weighted by Crippen LogP contribution is -2.16. The van der Waals surface area contributed by atoms with Gasteiger partial charge < -0.3 is 10.5 Å². The van der Waals surface area contributed by atoms with E-state index in [0.717, 1.165) is 31.9 Å². The van der Waals surface area contributed by atoms with Crippen LogP contribution in [0.15, 0.2) is 4.63 Å². The molecule has 0 atom stereocenters. The van der Waals surface area contributed by atoms with Crippen molar-refractivity contribution >= 4 is 22.1 Å². The zero-order valence-electron chi connectivity index (χ0n) is 10.4. The van der Waals surface area contributed by atoms with Crippen molar-refractivity contribution in [2.75, 3.05) is 18.9 Å². The van der Waals surface area contributed by atoms with Gasteiger partial charge in [0.15, 0.2) is 22.3 Å². The molecule has 1 saturated heterocycles. The summed E-state index contributed by atoms with van der Waals surface area (Å²) in [6, 6.07) is 0. The average molecular weight is 293 g/mol. The Hall–Kier alpha value is -2.07. The Labute approximate surface area is 116 Å². The first kappa shape index (κ1) is 11.7. The van der Waals surface area contributed by atoms with Crippen LogP contribution in [-0.4, -0.2) is 43.3 Å². The van der Waals surface area contributed by atoms with Crippen LogP contribution in [-0.2, 0) is 4.74 Å². The van der Waals surface area contributed by atoms with Crippen LogP contribution in [0.4, 0.5) is 5.82 Å². The Bertz CT molecular complexity index is 742. The number of nitrogen functional groups attached to an aromatic ring is 1. The van der Waals surface area contributed by atoms with E-state index in [4.69, 9.17) is 10.5 Å². The van der Waals surface area contributed by atoms with E-state index in [1.165, 1.54) is 11.3 Å². The number of aromatic nitrogens is 6. The van der Waals surface area contributed by atoms with Crippen molar-refractivity contribution in [3.63, 3.8) is 0 Å². The Morgan fingerprint density at radius 1 is 1.20 bits per heavy atom. The molecule has 0 bridgehead atoms. The largest absolute Gasteiger partial charge is 0.381 e. The lowest BCUT2D eigenvalue weighted by Gasteiger charge is -2.19. The van der Waals surface area contributed by atoms with Gasteiger partial charge in [0, 0.05) is 19.1 Å². The summed E-state index contributed by atoms with van der Waals surface area (Å²) < 4.78 is 11.7. The zero-order valence-corrected chi connectivity index (χ0v) is 11.2. The number of hydrogen-bond acceptors (Lipinski definition) is 9. The normalized spacial score (nSPS) is 17.0. The van der Waals surface area contributed by atoms with Gasteiger partial charge in [-0.05, 0) is 23.2 Å². The molecule has 0 aliphatic carbocycles. The molecule has 3 aromatic heterocycles. The summed E-state index contributed by atoms with van der Waals surface area (Å²) in [4.78, 5) is 0.712. The summed E-state index contributed by atoms with van der Waals surface area (Å²) in [5.74, 6) is 1.41. The second-order valence-corrected chi connectivity index (χ2v) is 5.50. The maximum atomic E-state index is 5.68. The van der Waals surface area contributed by atoms with Gasteiger partial charge in [0.1, 0.15) is 0 Å². The van der Waals surface area contributed by atoms with Crippen molar-refractivity contribution in [2.24, 2.45) is 0 Å². The first-order chi connectivity index (χ1) is 9.83. The fraction of sp³-hybridized carbons (Fsp3) is 0.500. The first-order valence-electron chi connectivity index (χ1n) is 6.21. The Morgan fingerprint density at radius 2 is 2.05 bits per heavy atom. The lowest BCUT2D eigenvalue weighted by atomic mass is 10.00. The van der Waals surface area contributed by atoms with Gasteiger partial charge in [-0.3, -0.25) is 0 Å². The number of nitrogens with two attached hydrogens (primary N) is 1. The highest BCUT2D eigenvalue weighted by Gasteiger charge is 2.24. The molecule has 0 saturated carbocycles. The van der Waals surface area contributed by atoms with Crippen LogP contribution >= 0.6 is 11.3 Å². The second kappa shape index (κ2) is 4.49. The van der Waals surface area contributed by atoms with Crippen LogP contribution in [0.1, 0.15) is 24.6 Å². The Balaban J connectivity index is 1.77. The summed E-state index contributed by atoms with van der Waals surface area (Å²) in [5, 5.41) is 20.8.